The van der Waals surface area contributed by atoms with E-state index in [4.69, 9.17) is 5.73 Å². The van der Waals surface area contributed by atoms with Gasteiger partial charge < -0.3 is 11.1 Å². The van der Waals surface area contributed by atoms with E-state index in [1.807, 2.05) is 18.2 Å². The van der Waals surface area contributed by atoms with Crippen LogP contribution in [0, 0.1) is 5.82 Å². The maximum atomic E-state index is 14.0. The summed E-state index contributed by atoms with van der Waals surface area (Å²) in [4.78, 5) is 16.8. The van der Waals surface area contributed by atoms with Crippen LogP contribution in [0.25, 0.3) is 10.4 Å². The summed E-state index contributed by atoms with van der Waals surface area (Å²) in [5.74, 6) is -0.827. The van der Waals surface area contributed by atoms with Crippen LogP contribution in [0.1, 0.15) is 16.7 Å². The van der Waals surface area contributed by atoms with E-state index in [1.165, 1.54) is 11.3 Å². The number of nitrogens with two attached hydrogens (primary N) is 2. The van der Waals surface area contributed by atoms with Gasteiger partial charge in [0.1, 0.15) is 11.5 Å². The first kappa shape index (κ1) is 21.4. The van der Waals surface area contributed by atoms with Gasteiger partial charge in [-0.2, -0.15) is 13.2 Å². The highest BCUT2D eigenvalue weighted by molar-refractivity contribution is 7.18. The molecule has 1 aromatic heterocycles. The lowest BCUT2D eigenvalue weighted by molar-refractivity contribution is -0.476. The highest BCUT2D eigenvalue weighted by atomic mass is 32.1. The highest BCUT2D eigenvalue weighted by Crippen LogP contribution is 2.32. The smallest absolute Gasteiger partial charge is 0.360 e. The molecule has 0 saturated carbocycles. The van der Waals surface area contributed by atoms with E-state index in [2.05, 4.69) is 10.3 Å². The molecule has 162 valence electrons. The summed E-state index contributed by atoms with van der Waals surface area (Å²) < 4.78 is 52.0. The van der Waals surface area contributed by atoms with Crippen molar-refractivity contribution >= 4 is 28.1 Å². The number of primary amides is 1. The molecular weight excluding hydrogens is 432 g/mol. The van der Waals surface area contributed by atoms with E-state index < -0.39 is 23.6 Å². The average molecular weight is 451 g/mol. The maximum Gasteiger partial charge on any atom is 0.416 e. The fourth-order valence-corrected chi connectivity index (χ4v) is 4.24. The van der Waals surface area contributed by atoms with Crippen molar-refractivity contribution in [3.63, 3.8) is 0 Å². The topological polar surface area (TPSA) is 84.6 Å². The number of nitrogens with one attached hydrogen (secondary N) is 1. The van der Waals surface area contributed by atoms with Crippen molar-refractivity contribution in [3.05, 3.63) is 65.1 Å². The number of rotatable bonds is 6. The van der Waals surface area contributed by atoms with Gasteiger partial charge in [-0.15, -0.1) is 0 Å². The highest BCUT2D eigenvalue weighted by Gasteiger charge is 2.31. The van der Waals surface area contributed by atoms with Crippen molar-refractivity contribution in [1.82, 2.24) is 4.98 Å². The van der Waals surface area contributed by atoms with Crippen LogP contribution >= 0.6 is 11.3 Å². The minimum Gasteiger partial charge on any atom is -0.360 e. The third-order valence-corrected chi connectivity index (χ3v) is 6.00. The Morgan fingerprint density at radius 1 is 1.23 bits per heavy atom. The summed E-state index contributed by atoms with van der Waals surface area (Å²) >= 11 is 1.42. The minimum absolute atomic E-state index is 0.0879. The molecule has 1 aliphatic rings. The predicted octanol–water partition coefficient (Wildman–Crippen LogP) is 3.23. The van der Waals surface area contributed by atoms with E-state index in [0.29, 0.717) is 17.6 Å². The fourth-order valence-electron chi connectivity index (χ4n) is 3.42. The molecule has 0 bridgehead atoms. The predicted molar refractivity (Wildman–Crippen MR) is 109 cm³/mol. The average Bonchev–Trinajstić information content (AvgIpc) is 3.32. The first-order valence-electron chi connectivity index (χ1n) is 9.51. The quantitative estimate of drug-likeness (QED) is 0.397. The number of amides is 1. The Bertz CT molecular complexity index is 1130. The molecule has 5 nitrogen and oxygen atoms in total. The summed E-state index contributed by atoms with van der Waals surface area (Å²) in [6.45, 7) is 0.279. The molecule has 1 amide bonds. The second kappa shape index (κ2) is 8.37. The van der Waals surface area contributed by atoms with Crippen molar-refractivity contribution in [3.8, 4) is 10.4 Å². The lowest BCUT2D eigenvalue weighted by atomic mass is 10.0. The van der Waals surface area contributed by atoms with E-state index >= 15 is 0 Å². The van der Waals surface area contributed by atoms with Gasteiger partial charge in [0.2, 0.25) is 0 Å². The Hall–Kier alpha value is -2.82. The van der Waals surface area contributed by atoms with Crippen molar-refractivity contribution in [2.75, 3.05) is 11.9 Å². The molecular formula is C21H19F4N4OS+. The standard InChI is InChI=1S/C21H18F4N4OS/c22-16-8-14(21(23,24)25)3-1-11(16)6-15(26)9-27-20-28-10-18(31-20)12-2-4-17-13(5-12)7-19(30)29-17/h1-5,8,10,15H,6-7,9,26H2,(H,27,28)(H,29,30)/p+1. The number of anilines is 1. The third-order valence-electron chi connectivity index (χ3n) is 4.99. The molecule has 2 aromatic carbocycles. The van der Waals surface area contributed by atoms with Crippen LogP contribution in [0.3, 0.4) is 0 Å². The number of carbonyl (C=O) groups is 1. The number of aromatic nitrogens is 1. The Morgan fingerprint density at radius 2 is 2.03 bits per heavy atom. The molecule has 31 heavy (non-hydrogen) atoms. The number of hydrogen-bond donors (Lipinski definition) is 3. The largest absolute Gasteiger partial charge is 0.416 e. The molecule has 0 spiro atoms. The number of halogens is 4. The second-order valence-electron chi connectivity index (χ2n) is 7.38. The molecule has 2 heterocycles. The fraction of sp³-hybridized carbons (Fsp3) is 0.238. The zero-order chi connectivity index (χ0) is 22.2. The molecule has 1 atom stereocenters. The van der Waals surface area contributed by atoms with Crippen LogP contribution in [-0.4, -0.2) is 23.5 Å². The number of thiazole rings is 1. The Balaban J connectivity index is 1.36. The van der Waals surface area contributed by atoms with Crippen molar-refractivity contribution in [1.29, 1.82) is 0 Å². The van der Waals surface area contributed by atoms with Crippen molar-refractivity contribution < 1.29 is 27.7 Å². The normalized spacial score (nSPS) is 14.5. The molecule has 0 saturated heterocycles. The molecule has 10 heteroatoms. The summed E-state index contributed by atoms with van der Waals surface area (Å²) in [5, 5.41) is 5.35. The van der Waals surface area contributed by atoms with Crippen molar-refractivity contribution in [2.24, 2.45) is 5.73 Å². The van der Waals surface area contributed by atoms with Gasteiger partial charge in [0.05, 0.1) is 16.9 Å². The first-order chi connectivity index (χ1) is 14.7. The molecule has 3 aromatic rings. The number of benzene rings is 2. The first-order valence-corrected chi connectivity index (χ1v) is 10.3. The maximum absolute atomic E-state index is 14.0. The molecule has 5 N–H and O–H groups in total. The van der Waals surface area contributed by atoms with E-state index in [0.717, 1.165) is 33.8 Å². The zero-order valence-electron chi connectivity index (χ0n) is 16.2. The Labute approximate surface area is 179 Å². The molecule has 1 unspecified atom stereocenters. The zero-order valence-corrected chi connectivity index (χ0v) is 17.0. The Kier molecular flexibility index (Phi) is 5.78. The monoisotopic (exact) mass is 451 g/mol. The summed E-state index contributed by atoms with van der Waals surface area (Å²) in [7, 11) is 0. The number of alkyl halides is 3. The number of nitrogens with zero attached hydrogens (tertiary/aromatic N) is 1. The molecule has 0 aliphatic carbocycles. The van der Waals surface area contributed by atoms with Crippen molar-refractivity contribution in [2.45, 2.75) is 25.1 Å². The molecule has 1 aliphatic heterocycles. The lowest BCUT2D eigenvalue weighted by Crippen LogP contribution is -2.79. The van der Waals surface area contributed by atoms with Gasteiger partial charge in [-0.25, -0.2) is 14.2 Å². The lowest BCUT2D eigenvalue weighted by Gasteiger charge is -2.14. The van der Waals surface area contributed by atoms with Gasteiger partial charge in [-0.1, -0.05) is 17.4 Å². The minimum atomic E-state index is -4.59. The molecule has 4 rings (SSSR count). The van der Waals surface area contributed by atoms with E-state index in [-0.39, 0.29) is 24.4 Å². The van der Waals surface area contributed by atoms with E-state index in [1.54, 1.807) is 11.5 Å². The summed E-state index contributed by atoms with van der Waals surface area (Å²) in [6, 6.07) is 7.78. The van der Waals surface area contributed by atoms with Crippen LogP contribution in [0.15, 0.2) is 42.6 Å². The molecule has 0 radical (unpaired) electrons. The number of quaternary nitrogens is 1. The number of hydrogen-bond acceptors (Lipinski definition) is 5. The van der Waals surface area contributed by atoms with Crippen LogP contribution < -0.4 is 16.4 Å². The van der Waals surface area contributed by atoms with Gasteiger partial charge in [0.25, 0.3) is 0 Å². The van der Waals surface area contributed by atoms with Crippen LogP contribution in [0.4, 0.5) is 28.4 Å². The van der Waals surface area contributed by atoms with E-state index in [9.17, 15) is 22.4 Å². The number of fused-ring (bicyclic) bond motifs is 1. The second-order valence-corrected chi connectivity index (χ2v) is 8.41. The van der Waals surface area contributed by atoms with Gasteiger partial charge in [0.15, 0.2) is 5.13 Å². The summed E-state index contributed by atoms with van der Waals surface area (Å²) in [6.07, 6.45) is -2.37. The van der Waals surface area contributed by atoms with Gasteiger partial charge in [-0.3, -0.25) is 5.32 Å². The van der Waals surface area contributed by atoms with Crippen LogP contribution in [0.5, 0.6) is 0 Å². The van der Waals surface area contributed by atoms with Gasteiger partial charge >= 0.3 is 12.1 Å². The summed E-state index contributed by atoms with van der Waals surface area (Å²) in [5.41, 5.74) is 8.03. The molecule has 0 fully saturated rings. The van der Waals surface area contributed by atoms with Crippen LogP contribution in [0.2, 0.25) is 0 Å². The third kappa shape index (κ3) is 4.92. The SMILES string of the molecule is NC(CNc1ncc(-c2ccc3c(c2)CC(=O)[NH2+]3)s1)Cc1ccc(C(F)(F)F)cc1F. The van der Waals surface area contributed by atoms with Gasteiger partial charge in [0, 0.05) is 30.4 Å². The van der Waals surface area contributed by atoms with Crippen LogP contribution in [-0.2, 0) is 23.8 Å². The van der Waals surface area contributed by atoms with Gasteiger partial charge in [-0.05, 0) is 41.8 Å². The Morgan fingerprint density at radius 3 is 2.77 bits per heavy atom. The number of carbonyl (C=O) groups excluding carboxylic acids is 1.